The number of hydrogen-bond donors (Lipinski definition) is 0. The predicted octanol–water partition coefficient (Wildman–Crippen LogP) is 2.67. The lowest BCUT2D eigenvalue weighted by atomic mass is 10.2. The van der Waals surface area contributed by atoms with E-state index in [4.69, 9.17) is 16.3 Å². The largest absolute Gasteiger partial charge is 0.490 e. The molecule has 0 aromatic carbocycles. The summed E-state index contributed by atoms with van der Waals surface area (Å²) in [5.74, 6) is 1.20. The maximum absolute atomic E-state index is 5.99. The van der Waals surface area contributed by atoms with E-state index in [0.29, 0.717) is 35.1 Å². The summed E-state index contributed by atoms with van der Waals surface area (Å²) in [6, 6.07) is 5.77. The highest BCUT2D eigenvalue weighted by molar-refractivity contribution is 6.29. The first-order valence-electron chi connectivity index (χ1n) is 7.01. The second-order valence-corrected chi connectivity index (χ2v) is 5.53. The van der Waals surface area contributed by atoms with Crippen molar-refractivity contribution in [1.82, 2.24) is 19.9 Å². The third-order valence-corrected chi connectivity index (χ3v) is 3.92. The van der Waals surface area contributed by atoms with Gasteiger partial charge in [0.15, 0.2) is 11.5 Å². The Morgan fingerprint density at radius 2 is 2.14 bits per heavy atom. The zero-order valence-corrected chi connectivity index (χ0v) is 12.6. The highest BCUT2D eigenvalue weighted by atomic mass is 35.5. The average molecular weight is 305 g/mol. The van der Waals surface area contributed by atoms with Gasteiger partial charge in [-0.1, -0.05) is 11.6 Å². The number of nitrogens with zero attached hydrogens (tertiary/aromatic N) is 4. The van der Waals surface area contributed by atoms with Gasteiger partial charge in [0, 0.05) is 18.4 Å². The second kappa shape index (κ2) is 6.37. The van der Waals surface area contributed by atoms with Gasteiger partial charge in [0.1, 0.15) is 17.5 Å². The molecule has 1 atom stereocenters. The van der Waals surface area contributed by atoms with Crippen LogP contribution in [0.2, 0.25) is 5.15 Å². The number of halogens is 1. The first-order valence-corrected chi connectivity index (χ1v) is 7.39. The van der Waals surface area contributed by atoms with Crippen LogP contribution in [0.4, 0.5) is 0 Å². The lowest BCUT2D eigenvalue weighted by molar-refractivity contribution is 0.198. The predicted molar refractivity (Wildman–Crippen MR) is 81.4 cm³/mol. The van der Waals surface area contributed by atoms with Crippen LogP contribution in [-0.2, 0) is 0 Å². The van der Waals surface area contributed by atoms with E-state index in [9.17, 15) is 0 Å². The first kappa shape index (κ1) is 14.2. The Labute approximate surface area is 129 Å². The quantitative estimate of drug-likeness (QED) is 0.813. The molecule has 2 aromatic heterocycles. The Morgan fingerprint density at radius 1 is 1.33 bits per heavy atom. The van der Waals surface area contributed by atoms with Crippen molar-refractivity contribution in [2.75, 3.05) is 20.2 Å². The molecule has 0 radical (unpaired) electrons. The smallest absolute Gasteiger partial charge is 0.182 e. The fourth-order valence-electron chi connectivity index (χ4n) is 2.50. The second-order valence-electron chi connectivity index (χ2n) is 5.14. The third-order valence-electron chi connectivity index (χ3n) is 3.70. The van der Waals surface area contributed by atoms with Crippen molar-refractivity contribution in [2.45, 2.75) is 18.9 Å². The van der Waals surface area contributed by atoms with Crippen molar-refractivity contribution in [3.8, 4) is 17.3 Å². The van der Waals surface area contributed by atoms with E-state index in [1.165, 1.54) is 6.42 Å². The molecule has 0 saturated carbocycles. The molecule has 5 nitrogen and oxygen atoms in total. The minimum Gasteiger partial charge on any atom is -0.490 e. The number of ether oxygens (including phenoxy) is 1. The minimum atomic E-state index is 0.405. The molecule has 0 aliphatic carbocycles. The number of pyridine rings is 1. The minimum absolute atomic E-state index is 0.405. The van der Waals surface area contributed by atoms with E-state index in [1.807, 2.05) is 6.07 Å². The van der Waals surface area contributed by atoms with Crippen molar-refractivity contribution in [3.05, 3.63) is 35.7 Å². The molecule has 0 unspecified atom stereocenters. The molecule has 3 heterocycles. The highest BCUT2D eigenvalue weighted by Gasteiger charge is 2.22. The molecule has 2 aromatic rings. The standard InChI is InChI=1S/C15H17ClN4O/c1-20-9-2-4-11(20)10-21-12-5-6-13(16)19-14(12)15-17-7-3-8-18-15/h3,5-8,11H,2,4,9-10H2,1H3/t11-/m1/s1. The van der Waals surface area contributed by atoms with Gasteiger partial charge < -0.3 is 9.64 Å². The van der Waals surface area contributed by atoms with E-state index >= 15 is 0 Å². The van der Waals surface area contributed by atoms with Gasteiger partial charge >= 0.3 is 0 Å². The van der Waals surface area contributed by atoms with Crippen LogP contribution in [0.1, 0.15) is 12.8 Å². The van der Waals surface area contributed by atoms with Crippen molar-refractivity contribution < 1.29 is 4.74 Å². The van der Waals surface area contributed by atoms with Gasteiger partial charge in [-0.15, -0.1) is 0 Å². The number of likely N-dealkylation sites (tertiary alicyclic amines) is 1. The van der Waals surface area contributed by atoms with Crippen LogP contribution >= 0.6 is 11.6 Å². The summed E-state index contributed by atoms with van der Waals surface area (Å²) in [7, 11) is 2.13. The van der Waals surface area contributed by atoms with Crippen LogP contribution < -0.4 is 4.74 Å². The van der Waals surface area contributed by atoms with Gasteiger partial charge in [-0.2, -0.15) is 0 Å². The number of hydrogen-bond acceptors (Lipinski definition) is 5. The van der Waals surface area contributed by atoms with E-state index in [-0.39, 0.29) is 0 Å². The van der Waals surface area contributed by atoms with Crippen LogP contribution in [0.3, 0.4) is 0 Å². The monoisotopic (exact) mass is 304 g/mol. The van der Waals surface area contributed by atoms with Crippen LogP contribution in [0.15, 0.2) is 30.6 Å². The Bertz CT molecular complexity index is 608. The summed E-state index contributed by atoms with van der Waals surface area (Å²) in [6.07, 6.45) is 5.74. The van der Waals surface area contributed by atoms with Gasteiger partial charge in [-0.25, -0.2) is 15.0 Å². The summed E-state index contributed by atoms with van der Waals surface area (Å²) in [6.45, 7) is 1.77. The molecule has 3 rings (SSSR count). The zero-order chi connectivity index (χ0) is 14.7. The van der Waals surface area contributed by atoms with Crippen molar-refractivity contribution in [3.63, 3.8) is 0 Å². The summed E-state index contributed by atoms with van der Waals surface area (Å²) >= 11 is 5.99. The number of likely N-dealkylation sites (N-methyl/N-ethyl adjacent to an activating group) is 1. The zero-order valence-electron chi connectivity index (χ0n) is 11.9. The molecule has 1 fully saturated rings. The van der Waals surface area contributed by atoms with E-state index in [2.05, 4.69) is 26.9 Å². The van der Waals surface area contributed by atoms with Crippen LogP contribution in [0.25, 0.3) is 11.5 Å². The summed E-state index contributed by atoms with van der Waals surface area (Å²) in [5.41, 5.74) is 0.587. The fourth-order valence-corrected chi connectivity index (χ4v) is 2.64. The Balaban J connectivity index is 1.81. The average Bonchev–Trinajstić information content (AvgIpc) is 2.92. The summed E-state index contributed by atoms with van der Waals surface area (Å²) in [5, 5.41) is 0.405. The molecule has 110 valence electrons. The van der Waals surface area contributed by atoms with Gasteiger partial charge in [0.25, 0.3) is 0 Å². The molecule has 0 amide bonds. The van der Waals surface area contributed by atoms with Gasteiger partial charge in [-0.05, 0) is 44.6 Å². The van der Waals surface area contributed by atoms with Crippen molar-refractivity contribution in [2.24, 2.45) is 0 Å². The summed E-state index contributed by atoms with van der Waals surface area (Å²) < 4.78 is 5.96. The molecular formula is C15H17ClN4O. The van der Waals surface area contributed by atoms with Gasteiger partial charge in [0.05, 0.1) is 0 Å². The topological polar surface area (TPSA) is 51.1 Å². The van der Waals surface area contributed by atoms with Crippen molar-refractivity contribution >= 4 is 11.6 Å². The van der Waals surface area contributed by atoms with Crippen LogP contribution in [0, 0.1) is 0 Å². The van der Waals surface area contributed by atoms with Crippen molar-refractivity contribution in [1.29, 1.82) is 0 Å². The van der Waals surface area contributed by atoms with Gasteiger partial charge in [0.2, 0.25) is 0 Å². The van der Waals surface area contributed by atoms with Gasteiger partial charge in [-0.3, -0.25) is 0 Å². The number of aromatic nitrogens is 3. The molecule has 1 saturated heterocycles. The molecular weight excluding hydrogens is 288 g/mol. The fraction of sp³-hybridized carbons (Fsp3) is 0.400. The first-order chi connectivity index (χ1) is 10.2. The molecule has 0 bridgehead atoms. The van der Waals surface area contributed by atoms with E-state index in [1.54, 1.807) is 24.5 Å². The highest BCUT2D eigenvalue weighted by Crippen LogP contribution is 2.28. The Kier molecular flexibility index (Phi) is 4.31. The number of rotatable bonds is 4. The Hall–Kier alpha value is -1.72. The van der Waals surface area contributed by atoms with Crippen LogP contribution in [-0.4, -0.2) is 46.1 Å². The molecule has 0 N–H and O–H groups in total. The molecule has 21 heavy (non-hydrogen) atoms. The molecule has 6 heteroatoms. The lowest BCUT2D eigenvalue weighted by Crippen LogP contribution is -2.30. The molecule has 1 aliphatic rings. The summed E-state index contributed by atoms with van der Waals surface area (Å²) in [4.78, 5) is 15.1. The van der Waals surface area contributed by atoms with E-state index in [0.717, 1.165) is 13.0 Å². The third kappa shape index (κ3) is 3.31. The lowest BCUT2D eigenvalue weighted by Gasteiger charge is -2.20. The normalized spacial score (nSPS) is 18.9. The van der Waals surface area contributed by atoms with Crippen LogP contribution in [0.5, 0.6) is 5.75 Å². The molecule has 1 aliphatic heterocycles. The Morgan fingerprint density at radius 3 is 2.86 bits per heavy atom. The van der Waals surface area contributed by atoms with E-state index < -0.39 is 0 Å². The SMILES string of the molecule is CN1CCC[C@@H]1COc1ccc(Cl)nc1-c1ncccn1. The maximum atomic E-state index is 5.99. The molecule has 0 spiro atoms. The maximum Gasteiger partial charge on any atom is 0.182 e.